The van der Waals surface area contributed by atoms with Crippen molar-refractivity contribution in [1.29, 1.82) is 0 Å². The minimum Gasteiger partial charge on any atom is -0.497 e. The van der Waals surface area contributed by atoms with Crippen LogP contribution in [-0.4, -0.2) is 18.1 Å². The first kappa shape index (κ1) is 17.7. The Morgan fingerprint density at radius 3 is 2.57 bits per heavy atom. The van der Waals surface area contributed by atoms with Crippen LogP contribution in [0.15, 0.2) is 78.9 Å². The number of urea groups is 1. The van der Waals surface area contributed by atoms with Crippen molar-refractivity contribution < 1.29 is 9.53 Å². The molecule has 4 aromatic rings. The van der Waals surface area contributed by atoms with Crippen molar-refractivity contribution in [3.05, 3.63) is 84.4 Å². The van der Waals surface area contributed by atoms with Crippen LogP contribution in [0.3, 0.4) is 0 Å². The smallest absolute Gasteiger partial charge is 0.319 e. The lowest BCUT2D eigenvalue weighted by atomic mass is 10.1. The molecule has 3 N–H and O–H groups in total. The highest BCUT2D eigenvalue weighted by Crippen LogP contribution is 2.25. The summed E-state index contributed by atoms with van der Waals surface area (Å²) < 4.78 is 5.19. The molecule has 0 bridgehead atoms. The molecule has 0 saturated carbocycles. The summed E-state index contributed by atoms with van der Waals surface area (Å²) >= 11 is 0. The molecule has 28 heavy (non-hydrogen) atoms. The predicted molar refractivity (Wildman–Crippen MR) is 113 cm³/mol. The van der Waals surface area contributed by atoms with Gasteiger partial charge in [-0.1, -0.05) is 42.5 Å². The van der Waals surface area contributed by atoms with Gasteiger partial charge in [-0.15, -0.1) is 0 Å². The summed E-state index contributed by atoms with van der Waals surface area (Å²) in [6.07, 6.45) is 0. The van der Waals surface area contributed by atoms with Crippen LogP contribution in [0.4, 0.5) is 10.5 Å². The van der Waals surface area contributed by atoms with Gasteiger partial charge in [0.25, 0.3) is 0 Å². The fraction of sp³-hybridized carbons (Fsp3) is 0.0870. The van der Waals surface area contributed by atoms with E-state index >= 15 is 0 Å². The Hall–Kier alpha value is -3.73. The second-order valence-electron chi connectivity index (χ2n) is 6.51. The van der Waals surface area contributed by atoms with Crippen molar-refractivity contribution in [2.75, 3.05) is 12.4 Å². The van der Waals surface area contributed by atoms with Crippen LogP contribution in [0.1, 0.15) is 5.56 Å². The molecule has 0 aliphatic heterocycles. The number of H-pyrrole nitrogens is 1. The molecule has 140 valence electrons. The summed E-state index contributed by atoms with van der Waals surface area (Å²) in [6, 6.07) is 25.4. The molecule has 1 heterocycles. The molecule has 4 rings (SSSR count). The Morgan fingerprint density at radius 2 is 1.79 bits per heavy atom. The van der Waals surface area contributed by atoms with Gasteiger partial charge in [0.15, 0.2) is 0 Å². The van der Waals surface area contributed by atoms with Gasteiger partial charge in [-0.2, -0.15) is 0 Å². The Balaban J connectivity index is 1.37. The van der Waals surface area contributed by atoms with Crippen LogP contribution in [0.25, 0.3) is 22.2 Å². The summed E-state index contributed by atoms with van der Waals surface area (Å²) in [5.74, 6) is 0.771. The number of fused-ring (bicyclic) bond motifs is 1. The molecule has 5 heteroatoms. The first-order valence-electron chi connectivity index (χ1n) is 9.07. The average molecular weight is 371 g/mol. The van der Waals surface area contributed by atoms with E-state index in [1.165, 1.54) is 5.39 Å². The Bertz CT molecular complexity index is 1070. The molecule has 2 amide bonds. The standard InChI is InChI=1S/C23H21N3O2/c1-28-20-7-4-5-16(13-20)15-24-23(27)25-19-11-9-17(10-12-19)22-14-18-6-2-3-8-21(18)26-22/h2-14,26H,15H2,1H3,(H2,24,25,27). The molecule has 0 unspecified atom stereocenters. The third-order valence-electron chi connectivity index (χ3n) is 4.57. The zero-order valence-electron chi connectivity index (χ0n) is 15.5. The van der Waals surface area contributed by atoms with Crippen molar-refractivity contribution in [2.24, 2.45) is 0 Å². The van der Waals surface area contributed by atoms with Gasteiger partial charge < -0.3 is 20.4 Å². The van der Waals surface area contributed by atoms with Crippen molar-refractivity contribution in [3.63, 3.8) is 0 Å². The summed E-state index contributed by atoms with van der Waals surface area (Å²) in [4.78, 5) is 15.6. The van der Waals surface area contributed by atoms with Gasteiger partial charge in [0.05, 0.1) is 7.11 Å². The topological polar surface area (TPSA) is 66.2 Å². The van der Waals surface area contributed by atoms with Crippen molar-refractivity contribution in [3.8, 4) is 17.0 Å². The maximum Gasteiger partial charge on any atom is 0.319 e. The number of aromatic amines is 1. The minimum atomic E-state index is -0.249. The number of nitrogens with one attached hydrogen (secondary N) is 3. The number of anilines is 1. The Labute approximate surface area is 163 Å². The van der Waals surface area contributed by atoms with Gasteiger partial charge in [0.2, 0.25) is 0 Å². The summed E-state index contributed by atoms with van der Waals surface area (Å²) in [5.41, 5.74) is 4.94. The van der Waals surface area contributed by atoms with Gasteiger partial charge in [-0.05, 0) is 47.5 Å². The number of benzene rings is 3. The van der Waals surface area contributed by atoms with E-state index in [9.17, 15) is 4.79 Å². The lowest BCUT2D eigenvalue weighted by molar-refractivity contribution is 0.251. The van der Waals surface area contributed by atoms with E-state index in [0.717, 1.165) is 33.8 Å². The maximum atomic E-state index is 12.2. The van der Waals surface area contributed by atoms with E-state index in [-0.39, 0.29) is 6.03 Å². The monoisotopic (exact) mass is 371 g/mol. The van der Waals surface area contributed by atoms with Crippen molar-refractivity contribution in [2.45, 2.75) is 6.54 Å². The summed E-state index contributed by atoms with van der Waals surface area (Å²) in [5, 5.41) is 6.88. The second-order valence-corrected chi connectivity index (χ2v) is 6.51. The highest BCUT2D eigenvalue weighted by atomic mass is 16.5. The maximum absolute atomic E-state index is 12.2. The average Bonchev–Trinajstić information content (AvgIpc) is 3.17. The number of rotatable bonds is 5. The molecule has 0 saturated heterocycles. The van der Waals surface area contributed by atoms with Crippen molar-refractivity contribution in [1.82, 2.24) is 10.3 Å². The number of para-hydroxylation sites is 1. The molecule has 5 nitrogen and oxygen atoms in total. The number of methoxy groups -OCH3 is 1. The number of amides is 2. The summed E-state index contributed by atoms with van der Waals surface area (Å²) in [6.45, 7) is 0.427. The number of hydrogen-bond acceptors (Lipinski definition) is 2. The molecule has 1 aromatic heterocycles. The lowest BCUT2D eigenvalue weighted by Crippen LogP contribution is -2.28. The van der Waals surface area contributed by atoms with E-state index in [1.807, 2.05) is 60.7 Å². The largest absolute Gasteiger partial charge is 0.497 e. The molecule has 0 radical (unpaired) electrons. The third-order valence-corrected chi connectivity index (χ3v) is 4.57. The molecule has 0 fully saturated rings. The number of carbonyl (C=O) groups is 1. The quantitative estimate of drug-likeness (QED) is 0.453. The van der Waals surface area contributed by atoms with Crippen LogP contribution < -0.4 is 15.4 Å². The van der Waals surface area contributed by atoms with Crippen LogP contribution in [-0.2, 0) is 6.54 Å². The van der Waals surface area contributed by atoms with Crippen LogP contribution >= 0.6 is 0 Å². The molecule has 3 aromatic carbocycles. The zero-order chi connectivity index (χ0) is 19.3. The number of hydrogen-bond donors (Lipinski definition) is 3. The predicted octanol–water partition coefficient (Wildman–Crippen LogP) is 5.17. The van der Waals surface area contributed by atoms with Gasteiger partial charge in [-0.3, -0.25) is 0 Å². The summed E-state index contributed by atoms with van der Waals surface area (Å²) in [7, 11) is 1.62. The van der Waals surface area contributed by atoms with Gasteiger partial charge in [0, 0.05) is 28.8 Å². The highest BCUT2D eigenvalue weighted by Gasteiger charge is 2.05. The molecule has 0 spiro atoms. The lowest BCUT2D eigenvalue weighted by Gasteiger charge is -2.09. The fourth-order valence-electron chi connectivity index (χ4n) is 3.10. The first-order valence-corrected chi connectivity index (χ1v) is 9.07. The third kappa shape index (κ3) is 3.99. The SMILES string of the molecule is COc1cccc(CNC(=O)Nc2ccc(-c3cc4ccccc4[nH]3)cc2)c1. The first-order chi connectivity index (χ1) is 13.7. The van der Waals surface area contributed by atoms with E-state index in [2.05, 4.69) is 33.8 Å². The minimum absolute atomic E-state index is 0.249. The van der Waals surface area contributed by atoms with Gasteiger partial charge >= 0.3 is 6.03 Å². The van der Waals surface area contributed by atoms with E-state index in [0.29, 0.717) is 6.54 Å². The molecular weight excluding hydrogens is 350 g/mol. The Morgan fingerprint density at radius 1 is 0.964 bits per heavy atom. The molecule has 0 aliphatic rings. The molecular formula is C23H21N3O2. The molecule has 0 atom stereocenters. The number of ether oxygens (including phenoxy) is 1. The number of carbonyl (C=O) groups excluding carboxylic acids is 1. The van der Waals surface area contributed by atoms with Gasteiger partial charge in [-0.25, -0.2) is 4.79 Å². The van der Waals surface area contributed by atoms with Crippen molar-refractivity contribution >= 4 is 22.6 Å². The zero-order valence-corrected chi connectivity index (χ0v) is 15.5. The highest BCUT2D eigenvalue weighted by molar-refractivity contribution is 5.90. The van der Waals surface area contributed by atoms with E-state index in [1.54, 1.807) is 7.11 Å². The molecule has 0 aliphatic carbocycles. The number of aromatic nitrogens is 1. The van der Waals surface area contributed by atoms with E-state index < -0.39 is 0 Å². The van der Waals surface area contributed by atoms with E-state index in [4.69, 9.17) is 4.74 Å². The normalized spacial score (nSPS) is 10.6. The Kier molecular flexibility index (Phi) is 4.97. The van der Waals surface area contributed by atoms with Gasteiger partial charge in [0.1, 0.15) is 5.75 Å². The van der Waals surface area contributed by atoms with Crippen LogP contribution in [0, 0.1) is 0 Å². The fourth-order valence-corrected chi connectivity index (χ4v) is 3.10. The van der Waals surface area contributed by atoms with Crippen LogP contribution in [0.5, 0.6) is 5.75 Å². The van der Waals surface area contributed by atoms with Crippen LogP contribution in [0.2, 0.25) is 0 Å². The second kappa shape index (κ2) is 7.88.